The van der Waals surface area contributed by atoms with Gasteiger partial charge in [-0.25, -0.2) is 0 Å². The van der Waals surface area contributed by atoms with Gasteiger partial charge in [-0.2, -0.15) is 5.10 Å². The van der Waals surface area contributed by atoms with E-state index in [4.69, 9.17) is 0 Å². The standard InChI is InChI=1S/C15H17N3O/c1-2-13-10-14(18-17-13)11-16-15(19)9-8-12-6-4-3-5-7-12/h3-10H,2,11H2,1H3,(H,16,19)(H,17,18)/b9-8-. The maximum absolute atomic E-state index is 11.6. The number of nitrogens with zero attached hydrogens (tertiary/aromatic N) is 1. The topological polar surface area (TPSA) is 57.8 Å². The second kappa shape index (κ2) is 6.54. The fraction of sp³-hybridized carbons (Fsp3) is 0.200. The number of aromatic nitrogens is 2. The Labute approximate surface area is 112 Å². The van der Waals surface area contributed by atoms with Crippen LogP contribution in [-0.4, -0.2) is 16.1 Å². The summed E-state index contributed by atoms with van der Waals surface area (Å²) in [7, 11) is 0. The van der Waals surface area contributed by atoms with Gasteiger partial charge in [-0.3, -0.25) is 9.89 Å². The van der Waals surface area contributed by atoms with Gasteiger partial charge < -0.3 is 5.32 Å². The first-order valence-corrected chi connectivity index (χ1v) is 6.32. The highest BCUT2D eigenvalue weighted by atomic mass is 16.1. The maximum Gasteiger partial charge on any atom is 0.244 e. The second-order valence-electron chi connectivity index (χ2n) is 4.20. The summed E-state index contributed by atoms with van der Waals surface area (Å²) in [6.07, 6.45) is 4.21. The molecule has 0 radical (unpaired) electrons. The Bertz CT molecular complexity index is 558. The molecule has 1 amide bonds. The van der Waals surface area contributed by atoms with Gasteiger partial charge in [0.1, 0.15) is 0 Å². The molecule has 4 heteroatoms. The predicted molar refractivity (Wildman–Crippen MR) is 75.3 cm³/mol. The van der Waals surface area contributed by atoms with Crippen molar-refractivity contribution in [1.29, 1.82) is 0 Å². The zero-order valence-corrected chi connectivity index (χ0v) is 10.9. The average Bonchev–Trinajstić information content (AvgIpc) is 2.92. The molecule has 0 aliphatic rings. The first kappa shape index (κ1) is 13.1. The molecule has 1 aromatic heterocycles. The van der Waals surface area contributed by atoms with Crippen LogP contribution in [0.1, 0.15) is 23.9 Å². The minimum Gasteiger partial charge on any atom is -0.347 e. The van der Waals surface area contributed by atoms with Crippen LogP contribution in [-0.2, 0) is 17.8 Å². The molecular formula is C15H17N3O. The van der Waals surface area contributed by atoms with E-state index in [0.717, 1.165) is 23.4 Å². The summed E-state index contributed by atoms with van der Waals surface area (Å²) in [5.74, 6) is -0.114. The van der Waals surface area contributed by atoms with Crippen molar-refractivity contribution < 1.29 is 4.79 Å². The highest BCUT2D eigenvalue weighted by Gasteiger charge is 2.00. The number of hydrogen-bond donors (Lipinski definition) is 2. The van der Waals surface area contributed by atoms with Gasteiger partial charge in [0.25, 0.3) is 0 Å². The molecule has 2 aromatic rings. The zero-order chi connectivity index (χ0) is 13.5. The van der Waals surface area contributed by atoms with Crippen molar-refractivity contribution in [3.05, 3.63) is 59.4 Å². The molecule has 0 atom stereocenters. The normalized spacial score (nSPS) is 10.8. The maximum atomic E-state index is 11.6. The fourth-order valence-electron chi connectivity index (χ4n) is 1.66. The van der Waals surface area contributed by atoms with Gasteiger partial charge in [0.15, 0.2) is 0 Å². The molecule has 0 spiro atoms. The zero-order valence-electron chi connectivity index (χ0n) is 10.9. The molecule has 1 heterocycles. The van der Waals surface area contributed by atoms with Crippen molar-refractivity contribution >= 4 is 12.0 Å². The van der Waals surface area contributed by atoms with Gasteiger partial charge in [-0.05, 0) is 24.1 Å². The average molecular weight is 255 g/mol. The molecular weight excluding hydrogens is 238 g/mol. The molecule has 0 saturated heterocycles. The molecule has 0 aliphatic carbocycles. The van der Waals surface area contributed by atoms with E-state index in [1.165, 1.54) is 6.08 Å². The van der Waals surface area contributed by atoms with Gasteiger partial charge in [-0.1, -0.05) is 37.3 Å². The highest BCUT2D eigenvalue weighted by Crippen LogP contribution is 2.01. The number of carbonyl (C=O) groups is 1. The molecule has 0 saturated carbocycles. The third-order valence-corrected chi connectivity index (χ3v) is 2.73. The predicted octanol–water partition coefficient (Wildman–Crippen LogP) is 2.30. The first-order valence-electron chi connectivity index (χ1n) is 6.32. The summed E-state index contributed by atoms with van der Waals surface area (Å²) in [6.45, 7) is 2.51. The molecule has 98 valence electrons. The molecule has 2 N–H and O–H groups in total. The summed E-state index contributed by atoms with van der Waals surface area (Å²) in [6, 6.07) is 11.7. The molecule has 4 nitrogen and oxygen atoms in total. The van der Waals surface area contributed by atoms with E-state index < -0.39 is 0 Å². The van der Waals surface area contributed by atoms with Gasteiger partial charge in [-0.15, -0.1) is 0 Å². The van der Waals surface area contributed by atoms with E-state index in [0.29, 0.717) is 6.54 Å². The lowest BCUT2D eigenvalue weighted by Gasteiger charge is -1.98. The van der Waals surface area contributed by atoms with E-state index in [1.807, 2.05) is 43.3 Å². The third-order valence-electron chi connectivity index (χ3n) is 2.73. The largest absolute Gasteiger partial charge is 0.347 e. The highest BCUT2D eigenvalue weighted by molar-refractivity contribution is 5.91. The number of benzene rings is 1. The number of aryl methyl sites for hydroxylation is 1. The van der Waals surface area contributed by atoms with Crippen molar-refractivity contribution in [3.63, 3.8) is 0 Å². The van der Waals surface area contributed by atoms with E-state index in [1.54, 1.807) is 6.08 Å². The number of rotatable bonds is 5. The Balaban J connectivity index is 1.83. The van der Waals surface area contributed by atoms with Crippen molar-refractivity contribution in [2.24, 2.45) is 0 Å². The van der Waals surface area contributed by atoms with Crippen molar-refractivity contribution in [2.45, 2.75) is 19.9 Å². The summed E-state index contributed by atoms with van der Waals surface area (Å²) in [5, 5.41) is 9.82. The number of nitrogens with one attached hydrogen (secondary N) is 2. The Kier molecular flexibility index (Phi) is 4.50. The van der Waals surface area contributed by atoms with Crippen LogP contribution in [0.4, 0.5) is 0 Å². The van der Waals surface area contributed by atoms with Gasteiger partial charge in [0, 0.05) is 6.08 Å². The van der Waals surface area contributed by atoms with Crippen LogP contribution < -0.4 is 5.32 Å². The molecule has 0 unspecified atom stereocenters. The van der Waals surface area contributed by atoms with Crippen LogP contribution in [0.3, 0.4) is 0 Å². The fourth-order valence-corrected chi connectivity index (χ4v) is 1.66. The van der Waals surface area contributed by atoms with Gasteiger partial charge in [0.2, 0.25) is 5.91 Å². The van der Waals surface area contributed by atoms with Crippen LogP contribution in [0.2, 0.25) is 0 Å². The quantitative estimate of drug-likeness (QED) is 0.805. The number of H-pyrrole nitrogens is 1. The molecule has 1 aromatic carbocycles. The lowest BCUT2D eigenvalue weighted by molar-refractivity contribution is -0.116. The van der Waals surface area contributed by atoms with Gasteiger partial charge >= 0.3 is 0 Å². The molecule has 19 heavy (non-hydrogen) atoms. The number of amides is 1. The van der Waals surface area contributed by atoms with E-state index >= 15 is 0 Å². The Morgan fingerprint density at radius 3 is 2.84 bits per heavy atom. The van der Waals surface area contributed by atoms with Crippen LogP contribution in [0, 0.1) is 0 Å². The van der Waals surface area contributed by atoms with E-state index in [9.17, 15) is 4.79 Å². The minimum absolute atomic E-state index is 0.114. The smallest absolute Gasteiger partial charge is 0.244 e. The minimum atomic E-state index is -0.114. The van der Waals surface area contributed by atoms with E-state index in [-0.39, 0.29) is 5.91 Å². The SMILES string of the molecule is CCc1cc(CNC(=O)/C=C\c2ccccc2)[nH]n1. The first-order chi connectivity index (χ1) is 9.28. The molecule has 2 rings (SSSR count). The summed E-state index contributed by atoms with van der Waals surface area (Å²) in [5.41, 5.74) is 2.93. The lowest BCUT2D eigenvalue weighted by Crippen LogP contribution is -2.20. The molecule has 0 fully saturated rings. The van der Waals surface area contributed by atoms with E-state index in [2.05, 4.69) is 15.5 Å². The number of hydrogen-bond acceptors (Lipinski definition) is 2. The Hall–Kier alpha value is -2.36. The lowest BCUT2D eigenvalue weighted by atomic mass is 10.2. The Morgan fingerprint density at radius 2 is 2.16 bits per heavy atom. The molecule has 0 bridgehead atoms. The second-order valence-corrected chi connectivity index (χ2v) is 4.20. The number of aromatic amines is 1. The number of carbonyl (C=O) groups excluding carboxylic acids is 1. The molecule has 0 aliphatic heterocycles. The van der Waals surface area contributed by atoms with Crippen LogP contribution in [0.25, 0.3) is 6.08 Å². The monoisotopic (exact) mass is 255 g/mol. The summed E-state index contributed by atoms with van der Waals surface area (Å²) < 4.78 is 0. The summed E-state index contributed by atoms with van der Waals surface area (Å²) >= 11 is 0. The van der Waals surface area contributed by atoms with Crippen molar-refractivity contribution in [1.82, 2.24) is 15.5 Å². The van der Waals surface area contributed by atoms with Crippen molar-refractivity contribution in [3.8, 4) is 0 Å². The van der Waals surface area contributed by atoms with Crippen LogP contribution in [0.5, 0.6) is 0 Å². The van der Waals surface area contributed by atoms with Crippen LogP contribution in [0.15, 0.2) is 42.5 Å². The van der Waals surface area contributed by atoms with Crippen molar-refractivity contribution in [2.75, 3.05) is 0 Å². The Morgan fingerprint density at radius 1 is 1.37 bits per heavy atom. The van der Waals surface area contributed by atoms with Gasteiger partial charge in [0.05, 0.1) is 17.9 Å². The summed E-state index contributed by atoms with van der Waals surface area (Å²) in [4.78, 5) is 11.6. The van der Waals surface area contributed by atoms with Crippen LogP contribution >= 0.6 is 0 Å². The third kappa shape index (κ3) is 4.10.